The lowest BCUT2D eigenvalue weighted by molar-refractivity contribution is -0.155. The molecule has 1 aliphatic heterocycles. The number of ether oxygens (including phenoxy) is 1. The van der Waals surface area contributed by atoms with Gasteiger partial charge in [-0.15, -0.1) is 0 Å². The molecule has 1 aliphatic carbocycles. The maximum atomic E-state index is 13.6. The van der Waals surface area contributed by atoms with Crippen molar-refractivity contribution in [3.8, 4) is 5.75 Å². The lowest BCUT2D eigenvalue weighted by atomic mass is 9.85. The molecule has 2 aromatic carbocycles. The minimum atomic E-state index is -4.28. The SMILES string of the molecule is C[C@@H]1CC2=C(Cc3ccccc32)[C@@H](c2cccc(OCCNCCCF)c2)N1CC(F)(F)F. The van der Waals surface area contributed by atoms with Crippen molar-refractivity contribution in [1.82, 2.24) is 10.2 Å². The van der Waals surface area contributed by atoms with Crippen molar-refractivity contribution in [2.75, 3.05) is 32.9 Å². The third kappa shape index (κ3) is 5.58. The number of halogens is 4. The van der Waals surface area contributed by atoms with Gasteiger partial charge in [0.25, 0.3) is 0 Å². The summed E-state index contributed by atoms with van der Waals surface area (Å²) in [4.78, 5) is 1.59. The van der Waals surface area contributed by atoms with Gasteiger partial charge in [0.05, 0.1) is 19.3 Å². The normalized spacial score (nSPS) is 20.6. The molecule has 3 nitrogen and oxygen atoms in total. The van der Waals surface area contributed by atoms with E-state index in [-0.39, 0.29) is 12.7 Å². The average Bonchev–Trinajstić information content (AvgIpc) is 3.14. The molecule has 0 bridgehead atoms. The molecule has 7 heteroatoms. The van der Waals surface area contributed by atoms with E-state index in [1.54, 1.807) is 4.90 Å². The molecule has 1 heterocycles. The van der Waals surface area contributed by atoms with Gasteiger partial charge in [-0.3, -0.25) is 9.29 Å². The highest BCUT2D eigenvalue weighted by Crippen LogP contribution is 2.49. The molecule has 0 amide bonds. The summed E-state index contributed by atoms with van der Waals surface area (Å²) >= 11 is 0. The average molecular weight is 463 g/mol. The van der Waals surface area contributed by atoms with E-state index in [2.05, 4.69) is 17.4 Å². The Morgan fingerprint density at radius 2 is 1.91 bits per heavy atom. The predicted octanol–water partition coefficient (Wildman–Crippen LogP) is 5.72. The molecule has 1 N–H and O–H groups in total. The number of nitrogens with one attached hydrogen (secondary N) is 1. The van der Waals surface area contributed by atoms with Crippen LogP contribution in [0.1, 0.15) is 42.5 Å². The van der Waals surface area contributed by atoms with Crippen LogP contribution in [0.3, 0.4) is 0 Å². The Morgan fingerprint density at radius 3 is 2.70 bits per heavy atom. The van der Waals surface area contributed by atoms with Crippen LogP contribution in [0.4, 0.5) is 17.6 Å². The van der Waals surface area contributed by atoms with Crippen LogP contribution in [0.15, 0.2) is 54.1 Å². The van der Waals surface area contributed by atoms with E-state index in [1.165, 1.54) is 16.7 Å². The zero-order valence-corrected chi connectivity index (χ0v) is 18.8. The number of alkyl halides is 4. The van der Waals surface area contributed by atoms with Gasteiger partial charge in [0, 0.05) is 12.6 Å². The van der Waals surface area contributed by atoms with Crippen LogP contribution < -0.4 is 10.1 Å². The molecule has 0 radical (unpaired) electrons. The van der Waals surface area contributed by atoms with Crippen LogP contribution in [0, 0.1) is 0 Å². The van der Waals surface area contributed by atoms with Crippen LogP contribution in [-0.2, 0) is 6.42 Å². The zero-order valence-electron chi connectivity index (χ0n) is 18.8. The molecular formula is C26H30F4N2O. The summed E-state index contributed by atoms with van der Waals surface area (Å²) < 4.78 is 58.7. The predicted molar refractivity (Wildman–Crippen MR) is 122 cm³/mol. The Bertz CT molecular complexity index is 988. The van der Waals surface area contributed by atoms with Crippen LogP contribution in [0.2, 0.25) is 0 Å². The Morgan fingerprint density at radius 1 is 1.09 bits per heavy atom. The van der Waals surface area contributed by atoms with E-state index in [0.717, 1.165) is 11.1 Å². The highest BCUT2D eigenvalue weighted by Gasteiger charge is 2.43. The van der Waals surface area contributed by atoms with Crippen molar-refractivity contribution >= 4 is 5.57 Å². The molecule has 2 atom stereocenters. The van der Waals surface area contributed by atoms with Crippen molar-refractivity contribution in [2.45, 2.75) is 44.4 Å². The largest absolute Gasteiger partial charge is 0.492 e. The lowest BCUT2D eigenvalue weighted by Crippen LogP contribution is -2.45. The van der Waals surface area contributed by atoms with E-state index in [4.69, 9.17) is 4.74 Å². The second-order valence-corrected chi connectivity index (χ2v) is 8.79. The Balaban J connectivity index is 1.60. The fourth-order valence-electron chi connectivity index (χ4n) is 5.00. The first kappa shape index (κ1) is 23.8. The number of nitrogens with zero attached hydrogens (tertiary/aromatic N) is 1. The minimum Gasteiger partial charge on any atom is -0.492 e. The van der Waals surface area contributed by atoms with Crippen LogP contribution in [0.25, 0.3) is 5.57 Å². The van der Waals surface area contributed by atoms with E-state index in [9.17, 15) is 17.6 Å². The number of hydrogen-bond acceptors (Lipinski definition) is 3. The fraction of sp³-hybridized carbons (Fsp3) is 0.462. The lowest BCUT2D eigenvalue weighted by Gasteiger charge is -2.42. The topological polar surface area (TPSA) is 24.5 Å². The molecule has 33 heavy (non-hydrogen) atoms. The highest BCUT2D eigenvalue weighted by atomic mass is 19.4. The van der Waals surface area contributed by atoms with Gasteiger partial charge >= 0.3 is 6.18 Å². The molecule has 0 saturated heterocycles. The van der Waals surface area contributed by atoms with Crippen molar-refractivity contribution in [3.63, 3.8) is 0 Å². The van der Waals surface area contributed by atoms with Crippen LogP contribution in [-0.4, -0.2) is 50.0 Å². The Hall–Kier alpha value is -2.38. The Kier molecular flexibility index (Phi) is 7.39. The maximum absolute atomic E-state index is 13.6. The van der Waals surface area contributed by atoms with Crippen LogP contribution in [0.5, 0.6) is 5.75 Å². The molecular weight excluding hydrogens is 432 g/mol. The van der Waals surface area contributed by atoms with Gasteiger partial charge in [0.2, 0.25) is 0 Å². The molecule has 4 rings (SSSR count). The maximum Gasteiger partial charge on any atom is 0.401 e. The molecule has 0 saturated carbocycles. The van der Waals surface area contributed by atoms with Gasteiger partial charge in [0.1, 0.15) is 12.4 Å². The standard InChI is InChI=1S/C26H30F4N2O/c1-18-14-23-22-9-3-2-6-19(22)16-24(23)25(32(18)17-26(28,29)30)20-7-4-8-21(15-20)33-13-12-31-11-5-10-27/h2-4,6-9,15,18,25,31H,5,10-14,16-17H2,1H3/t18-,25-/m1/s1. The van der Waals surface area contributed by atoms with E-state index in [0.29, 0.717) is 44.7 Å². The van der Waals surface area contributed by atoms with Gasteiger partial charge in [-0.05, 0) is 72.7 Å². The molecule has 178 valence electrons. The van der Waals surface area contributed by atoms with Gasteiger partial charge < -0.3 is 10.1 Å². The summed E-state index contributed by atoms with van der Waals surface area (Å²) in [5.74, 6) is 0.627. The summed E-state index contributed by atoms with van der Waals surface area (Å²) in [6.45, 7) is 2.15. The molecule has 0 spiro atoms. The monoisotopic (exact) mass is 462 g/mol. The first-order valence-corrected chi connectivity index (χ1v) is 11.5. The summed E-state index contributed by atoms with van der Waals surface area (Å²) in [5, 5.41) is 3.11. The summed E-state index contributed by atoms with van der Waals surface area (Å²) in [5.41, 5.74) is 5.41. The molecule has 2 aliphatic rings. The molecule has 0 aromatic heterocycles. The molecule has 0 fully saturated rings. The third-order valence-electron chi connectivity index (χ3n) is 6.41. The van der Waals surface area contributed by atoms with Crippen LogP contribution >= 0.6 is 0 Å². The number of benzene rings is 2. The second kappa shape index (κ2) is 10.3. The first-order valence-electron chi connectivity index (χ1n) is 11.5. The van der Waals surface area contributed by atoms with E-state index in [1.807, 2.05) is 43.3 Å². The molecule has 2 aromatic rings. The quantitative estimate of drug-likeness (QED) is 0.381. The first-order chi connectivity index (χ1) is 15.9. The van der Waals surface area contributed by atoms with Crippen molar-refractivity contribution < 1.29 is 22.3 Å². The van der Waals surface area contributed by atoms with Crippen molar-refractivity contribution in [3.05, 3.63) is 70.8 Å². The van der Waals surface area contributed by atoms with Gasteiger partial charge in [-0.1, -0.05) is 36.4 Å². The summed E-state index contributed by atoms with van der Waals surface area (Å²) in [7, 11) is 0. The smallest absolute Gasteiger partial charge is 0.401 e. The highest BCUT2D eigenvalue weighted by molar-refractivity contribution is 5.79. The minimum absolute atomic E-state index is 0.245. The van der Waals surface area contributed by atoms with E-state index < -0.39 is 18.8 Å². The number of rotatable bonds is 9. The number of hydrogen-bond donors (Lipinski definition) is 1. The van der Waals surface area contributed by atoms with Gasteiger partial charge in [0.15, 0.2) is 0 Å². The second-order valence-electron chi connectivity index (χ2n) is 8.79. The van der Waals surface area contributed by atoms with Gasteiger partial charge in [-0.2, -0.15) is 13.2 Å². The number of fused-ring (bicyclic) bond motifs is 2. The van der Waals surface area contributed by atoms with Crippen molar-refractivity contribution in [2.24, 2.45) is 0 Å². The Labute approximate surface area is 192 Å². The van der Waals surface area contributed by atoms with Gasteiger partial charge in [-0.25, -0.2) is 0 Å². The fourth-order valence-corrected chi connectivity index (χ4v) is 5.00. The molecule has 0 unspecified atom stereocenters. The van der Waals surface area contributed by atoms with Crippen molar-refractivity contribution in [1.29, 1.82) is 0 Å². The van der Waals surface area contributed by atoms with E-state index >= 15 is 0 Å². The zero-order chi connectivity index (χ0) is 23.4. The summed E-state index contributed by atoms with van der Waals surface area (Å²) in [6, 6.07) is 14.8. The summed E-state index contributed by atoms with van der Waals surface area (Å²) in [6.07, 6.45) is -2.54. The third-order valence-corrected chi connectivity index (χ3v) is 6.41.